The monoisotopic (exact) mass is 225 g/mol. The molecule has 1 heterocycles. The van der Waals surface area contributed by atoms with Gasteiger partial charge in [-0.05, 0) is 36.3 Å². The molecule has 2 nitrogen and oxygen atoms in total. The second-order valence-corrected chi connectivity index (χ2v) is 4.94. The Morgan fingerprint density at radius 2 is 2.27 bits per heavy atom. The zero-order valence-electron chi connectivity index (χ0n) is 9.13. The summed E-state index contributed by atoms with van der Waals surface area (Å²) in [5, 5.41) is 9.59. The molecule has 0 saturated carbocycles. The molecular weight excluding hydrogens is 210 g/mol. The Labute approximate surface area is 95.3 Å². The highest BCUT2D eigenvalue weighted by molar-refractivity contribution is 6.30. The molecule has 2 unspecified atom stereocenters. The van der Waals surface area contributed by atoms with Gasteiger partial charge >= 0.3 is 0 Å². The quantitative estimate of drug-likeness (QED) is 0.746. The van der Waals surface area contributed by atoms with E-state index in [4.69, 9.17) is 16.7 Å². The standard InChI is InChI=1S/C12H16ClNO/c1-7-3-8(2)10-5-9(6-15)12(13)14-11(10)4-7/h5,7-8,15H,3-4,6H2,1-2H3. The summed E-state index contributed by atoms with van der Waals surface area (Å²) in [4.78, 5) is 4.39. The van der Waals surface area contributed by atoms with Crippen LogP contribution in [-0.4, -0.2) is 10.1 Å². The number of aliphatic hydroxyl groups excluding tert-OH is 1. The molecule has 82 valence electrons. The predicted molar refractivity (Wildman–Crippen MR) is 61.1 cm³/mol. The lowest BCUT2D eigenvalue weighted by atomic mass is 9.80. The van der Waals surface area contributed by atoms with Crippen LogP contribution in [-0.2, 0) is 13.0 Å². The molecule has 0 aliphatic heterocycles. The minimum absolute atomic E-state index is 0.0264. The number of halogens is 1. The highest BCUT2D eigenvalue weighted by atomic mass is 35.5. The maximum absolute atomic E-state index is 9.13. The molecule has 2 atom stereocenters. The van der Waals surface area contributed by atoms with Gasteiger partial charge in [0.2, 0.25) is 0 Å². The molecule has 1 N–H and O–H groups in total. The second kappa shape index (κ2) is 4.11. The summed E-state index contributed by atoms with van der Waals surface area (Å²) in [5.41, 5.74) is 3.13. The van der Waals surface area contributed by atoms with E-state index < -0.39 is 0 Å². The van der Waals surface area contributed by atoms with Gasteiger partial charge < -0.3 is 5.11 Å². The van der Waals surface area contributed by atoms with Gasteiger partial charge in [0.25, 0.3) is 0 Å². The van der Waals surface area contributed by atoms with Crippen LogP contribution in [0, 0.1) is 5.92 Å². The van der Waals surface area contributed by atoms with E-state index in [1.54, 1.807) is 0 Å². The van der Waals surface area contributed by atoms with Crippen LogP contribution >= 0.6 is 11.6 Å². The highest BCUT2D eigenvalue weighted by Crippen LogP contribution is 2.35. The number of hydrogen-bond acceptors (Lipinski definition) is 2. The lowest BCUT2D eigenvalue weighted by molar-refractivity contribution is 0.281. The van der Waals surface area contributed by atoms with Crippen LogP contribution in [0.4, 0.5) is 0 Å². The highest BCUT2D eigenvalue weighted by Gasteiger charge is 2.23. The van der Waals surface area contributed by atoms with Gasteiger partial charge in [0.15, 0.2) is 0 Å². The predicted octanol–water partition coefficient (Wildman–Crippen LogP) is 2.91. The van der Waals surface area contributed by atoms with E-state index in [2.05, 4.69) is 18.8 Å². The fourth-order valence-corrected chi connectivity index (χ4v) is 2.65. The maximum Gasteiger partial charge on any atom is 0.134 e. The Bertz CT molecular complexity index is 378. The molecule has 0 aromatic carbocycles. The summed E-state index contributed by atoms with van der Waals surface area (Å²) in [6.45, 7) is 4.43. The molecule has 2 rings (SSSR count). The Kier molecular flexibility index (Phi) is 2.98. The van der Waals surface area contributed by atoms with Crippen molar-refractivity contribution >= 4 is 11.6 Å². The molecule has 0 spiro atoms. The third-order valence-corrected chi connectivity index (χ3v) is 3.49. The molecule has 0 bridgehead atoms. The summed E-state index contributed by atoms with van der Waals surface area (Å²) in [7, 11) is 0. The topological polar surface area (TPSA) is 33.1 Å². The number of fused-ring (bicyclic) bond motifs is 1. The van der Waals surface area contributed by atoms with Gasteiger partial charge in [0.05, 0.1) is 6.61 Å². The molecule has 1 aromatic rings. The van der Waals surface area contributed by atoms with Gasteiger partial charge in [-0.25, -0.2) is 4.98 Å². The molecular formula is C12H16ClNO. The van der Waals surface area contributed by atoms with Gasteiger partial charge in [-0.15, -0.1) is 0 Å². The lowest BCUT2D eigenvalue weighted by Crippen LogP contribution is -2.17. The summed E-state index contributed by atoms with van der Waals surface area (Å²) in [6.07, 6.45) is 2.20. The molecule has 0 saturated heterocycles. The summed E-state index contributed by atoms with van der Waals surface area (Å²) < 4.78 is 0. The molecule has 1 aliphatic carbocycles. The van der Waals surface area contributed by atoms with Crippen molar-refractivity contribution in [3.63, 3.8) is 0 Å². The smallest absolute Gasteiger partial charge is 0.134 e. The van der Waals surface area contributed by atoms with Crippen molar-refractivity contribution in [2.24, 2.45) is 5.92 Å². The molecule has 15 heavy (non-hydrogen) atoms. The van der Waals surface area contributed by atoms with Crippen LogP contribution in [0.5, 0.6) is 0 Å². The summed E-state index contributed by atoms with van der Waals surface area (Å²) >= 11 is 5.99. The van der Waals surface area contributed by atoms with E-state index in [0.717, 1.165) is 17.7 Å². The normalized spacial score (nSPS) is 25.1. The molecule has 0 amide bonds. The minimum atomic E-state index is -0.0264. The third-order valence-electron chi connectivity index (χ3n) is 3.16. The SMILES string of the molecule is CC1Cc2nc(Cl)c(CO)cc2C(C)C1. The lowest BCUT2D eigenvalue weighted by Gasteiger charge is -2.27. The van der Waals surface area contributed by atoms with E-state index in [-0.39, 0.29) is 6.61 Å². The van der Waals surface area contributed by atoms with Crippen molar-refractivity contribution in [1.82, 2.24) is 4.98 Å². The Morgan fingerprint density at radius 1 is 1.53 bits per heavy atom. The molecule has 1 aromatic heterocycles. The number of rotatable bonds is 1. The van der Waals surface area contributed by atoms with E-state index in [1.165, 1.54) is 12.0 Å². The zero-order valence-corrected chi connectivity index (χ0v) is 9.88. The van der Waals surface area contributed by atoms with Crippen LogP contribution < -0.4 is 0 Å². The molecule has 0 radical (unpaired) electrons. The van der Waals surface area contributed by atoms with Crippen molar-refractivity contribution in [2.75, 3.05) is 0 Å². The Morgan fingerprint density at radius 3 is 2.93 bits per heavy atom. The first-order chi connectivity index (χ1) is 7.11. The van der Waals surface area contributed by atoms with E-state index in [1.807, 2.05) is 6.07 Å². The van der Waals surface area contributed by atoms with Crippen LogP contribution in [0.2, 0.25) is 5.15 Å². The Hall–Kier alpha value is -0.600. The van der Waals surface area contributed by atoms with Crippen LogP contribution in [0.1, 0.15) is 43.0 Å². The van der Waals surface area contributed by atoms with Crippen LogP contribution in [0.15, 0.2) is 6.07 Å². The number of aliphatic hydroxyl groups is 1. The fourth-order valence-electron chi connectivity index (χ4n) is 2.43. The number of aromatic nitrogens is 1. The van der Waals surface area contributed by atoms with Gasteiger partial charge in [0, 0.05) is 11.3 Å². The minimum Gasteiger partial charge on any atom is -0.392 e. The Balaban J connectivity index is 2.47. The first kappa shape index (κ1) is 10.9. The van der Waals surface area contributed by atoms with Crippen molar-refractivity contribution in [2.45, 2.75) is 39.2 Å². The fraction of sp³-hybridized carbons (Fsp3) is 0.583. The zero-order chi connectivity index (χ0) is 11.0. The number of pyridine rings is 1. The van der Waals surface area contributed by atoms with Crippen LogP contribution in [0.3, 0.4) is 0 Å². The maximum atomic E-state index is 9.13. The van der Waals surface area contributed by atoms with E-state index in [0.29, 0.717) is 17.0 Å². The first-order valence-corrected chi connectivity index (χ1v) is 5.78. The summed E-state index contributed by atoms with van der Waals surface area (Å²) in [5.74, 6) is 1.20. The van der Waals surface area contributed by atoms with E-state index in [9.17, 15) is 0 Å². The van der Waals surface area contributed by atoms with Gasteiger partial charge in [-0.3, -0.25) is 0 Å². The van der Waals surface area contributed by atoms with Crippen molar-refractivity contribution in [1.29, 1.82) is 0 Å². The van der Waals surface area contributed by atoms with Gasteiger partial charge in [0.1, 0.15) is 5.15 Å². The molecule has 1 aliphatic rings. The van der Waals surface area contributed by atoms with Crippen LogP contribution in [0.25, 0.3) is 0 Å². The first-order valence-electron chi connectivity index (χ1n) is 5.41. The average Bonchev–Trinajstić information content (AvgIpc) is 2.16. The average molecular weight is 226 g/mol. The second-order valence-electron chi connectivity index (χ2n) is 4.58. The van der Waals surface area contributed by atoms with Gasteiger partial charge in [-0.1, -0.05) is 25.4 Å². The van der Waals surface area contributed by atoms with Gasteiger partial charge in [-0.2, -0.15) is 0 Å². The molecule has 3 heteroatoms. The summed E-state index contributed by atoms with van der Waals surface area (Å²) in [6, 6.07) is 2.02. The number of nitrogens with zero attached hydrogens (tertiary/aromatic N) is 1. The largest absolute Gasteiger partial charge is 0.392 e. The van der Waals surface area contributed by atoms with E-state index >= 15 is 0 Å². The van der Waals surface area contributed by atoms with Crippen molar-refractivity contribution in [3.05, 3.63) is 28.0 Å². The van der Waals surface area contributed by atoms with Crippen molar-refractivity contribution < 1.29 is 5.11 Å². The number of hydrogen-bond donors (Lipinski definition) is 1. The molecule has 0 fully saturated rings. The van der Waals surface area contributed by atoms with Crippen molar-refractivity contribution in [3.8, 4) is 0 Å². The third kappa shape index (κ3) is 2.01.